The van der Waals surface area contributed by atoms with Crippen molar-refractivity contribution in [2.45, 2.75) is 50.6 Å². The number of nitrogens with one attached hydrogen (secondary N) is 1. The maximum absolute atomic E-state index is 13.4. The summed E-state index contributed by atoms with van der Waals surface area (Å²) in [5, 5.41) is 25.0. The van der Waals surface area contributed by atoms with Crippen molar-refractivity contribution in [1.29, 1.82) is 0 Å². The van der Waals surface area contributed by atoms with Gasteiger partial charge in [0.15, 0.2) is 5.84 Å². The molecule has 1 aliphatic heterocycles. The number of benzene rings is 1. The van der Waals surface area contributed by atoms with Crippen LogP contribution in [-0.2, 0) is 18.8 Å². The molecule has 17 heteroatoms. The van der Waals surface area contributed by atoms with Crippen molar-refractivity contribution in [1.82, 2.24) is 15.0 Å². The van der Waals surface area contributed by atoms with Crippen molar-refractivity contribution in [2.75, 3.05) is 17.3 Å². The van der Waals surface area contributed by atoms with Gasteiger partial charge in [-0.15, -0.1) is 0 Å². The van der Waals surface area contributed by atoms with Crippen LogP contribution in [0.3, 0.4) is 0 Å². The average molecular weight is 614 g/mol. The van der Waals surface area contributed by atoms with Gasteiger partial charge < -0.3 is 26.1 Å². The Bertz CT molecular complexity index is 1520. The summed E-state index contributed by atoms with van der Waals surface area (Å²) >= 11 is 0. The number of nitrogens with zero attached hydrogens (tertiary/aromatic N) is 5. The second-order valence-electron chi connectivity index (χ2n) is 9.54. The molecule has 2 atom stereocenters. The number of anilines is 2. The Labute approximate surface area is 240 Å². The third kappa shape index (κ3) is 6.65. The molecule has 3 heterocycles. The van der Waals surface area contributed by atoms with Gasteiger partial charge in [0.1, 0.15) is 0 Å². The lowest BCUT2D eigenvalue weighted by atomic mass is 9.93. The number of carboxylic acid groups (broad SMARTS) is 1. The Hall–Kier alpha value is -4.83. The van der Waals surface area contributed by atoms with Gasteiger partial charge in [0.05, 0.1) is 46.9 Å². The number of amidine groups is 1. The Balaban J connectivity index is 1.78. The Kier molecular flexibility index (Phi) is 8.54. The van der Waals surface area contributed by atoms with Crippen LogP contribution in [0, 0.1) is 0 Å². The fraction of sp³-hybridized carbons (Fsp3) is 0.346. The molecule has 0 fully saturated rings. The van der Waals surface area contributed by atoms with Crippen molar-refractivity contribution in [3.8, 4) is 5.88 Å². The number of aromatic nitrogens is 3. The zero-order valence-corrected chi connectivity index (χ0v) is 22.5. The van der Waals surface area contributed by atoms with E-state index in [1.165, 1.54) is 24.1 Å². The largest absolute Gasteiger partial charge is 0.481 e. The fourth-order valence-corrected chi connectivity index (χ4v) is 4.80. The van der Waals surface area contributed by atoms with Crippen LogP contribution in [0.15, 0.2) is 41.7 Å². The van der Waals surface area contributed by atoms with Gasteiger partial charge in [0, 0.05) is 24.7 Å². The maximum atomic E-state index is 13.4. The van der Waals surface area contributed by atoms with E-state index in [1.807, 2.05) is 0 Å². The number of halogens is 6. The molecule has 0 saturated heterocycles. The third-order valence-corrected chi connectivity index (χ3v) is 6.80. The van der Waals surface area contributed by atoms with Crippen molar-refractivity contribution in [2.24, 2.45) is 10.9 Å². The first kappa shape index (κ1) is 31.1. The normalized spacial score (nSPS) is 17.4. The first-order valence-electron chi connectivity index (χ1n) is 12.6. The Morgan fingerprint density at radius 1 is 1.14 bits per heavy atom. The molecular weight excluding hydrogens is 588 g/mol. The molecular formula is C26H25F6N7O4. The Morgan fingerprint density at radius 2 is 1.79 bits per heavy atom. The number of rotatable bonds is 7. The number of oxime groups is 1. The minimum absolute atomic E-state index is 0.00721. The summed E-state index contributed by atoms with van der Waals surface area (Å²) < 4.78 is 85.9. The highest BCUT2D eigenvalue weighted by molar-refractivity contribution is 5.98. The number of pyridine rings is 1. The van der Waals surface area contributed by atoms with Crippen molar-refractivity contribution in [3.63, 3.8) is 0 Å². The van der Waals surface area contributed by atoms with Crippen molar-refractivity contribution >= 4 is 23.6 Å². The third-order valence-electron chi connectivity index (χ3n) is 6.80. The average Bonchev–Trinajstić information content (AvgIpc) is 2.95. The highest BCUT2D eigenvalue weighted by Gasteiger charge is 2.38. The van der Waals surface area contributed by atoms with Gasteiger partial charge in [-0.25, -0.2) is 19.7 Å². The molecule has 2 aromatic heterocycles. The van der Waals surface area contributed by atoms with Crippen molar-refractivity contribution < 1.29 is 46.2 Å². The van der Waals surface area contributed by atoms with Crippen LogP contribution in [0.5, 0.6) is 5.88 Å². The van der Waals surface area contributed by atoms with E-state index >= 15 is 0 Å². The summed E-state index contributed by atoms with van der Waals surface area (Å²) in [4.78, 5) is 26.1. The summed E-state index contributed by atoms with van der Waals surface area (Å²) in [6.07, 6.45) is -10.2. The summed E-state index contributed by atoms with van der Waals surface area (Å²) in [6, 6.07) is 2.98. The smallest absolute Gasteiger partial charge is 0.416 e. The number of carbonyl (C=O) groups is 1. The molecule has 1 aromatic carbocycles. The number of nitrogens with two attached hydrogens (primary N) is 1. The molecule has 11 nitrogen and oxygen atoms in total. The van der Waals surface area contributed by atoms with Gasteiger partial charge in [0.2, 0.25) is 11.8 Å². The molecule has 4 rings (SSSR count). The molecule has 0 spiro atoms. The van der Waals surface area contributed by atoms with E-state index in [-0.39, 0.29) is 47.0 Å². The van der Waals surface area contributed by atoms with E-state index in [0.717, 1.165) is 6.20 Å². The molecule has 0 aliphatic carbocycles. The minimum atomic E-state index is -5.06. The number of alkyl halides is 6. The van der Waals surface area contributed by atoms with Gasteiger partial charge in [-0.3, -0.25) is 4.90 Å². The molecule has 1 aliphatic rings. The zero-order valence-electron chi connectivity index (χ0n) is 22.5. The first-order chi connectivity index (χ1) is 20.2. The number of hydrogen-bond donors (Lipinski definition) is 4. The van der Waals surface area contributed by atoms with Gasteiger partial charge in [-0.1, -0.05) is 12.1 Å². The van der Waals surface area contributed by atoms with Gasteiger partial charge >= 0.3 is 18.4 Å². The van der Waals surface area contributed by atoms with E-state index < -0.39 is 59.5 Å². The molecule has 230 valence electrons. The predicted octanol–water partition coefficient (Wildman–Crippen LogP) is 5.42. The number of amides is 1. The molecule has 5 N–H and O–H groups in total. The van der Waals surface area contributed by atoms with Gasteiger partial charge in [-0.2, -0.15) is 26.3 Å². The number of fused-ring (bicyclic) bond motifs is 1. The second kappa shape index (κ2) is 11.8. The predicted molar refractivity (Wildman–Crippen MR) is 140 cm³/mol. The van der Waals surface area contributed by atoms with Gasteiger partial charge in [-0.05, 0) is 42.7 Å². The molecule has 0 unspecified atom stereocenters. The van der Waals surface area contributed by atoms with E-state index in [1.54, 1.807) is 6.92 Å². The van der Waals surface area contributed by atoms with E-state index in [2.05, 4.69) is 25.4 Å². The number of ether oxygens (including phenoxy) is 1. The summed E-state index contributed by atoms with van der Waals surface area (Å²) in [5.41, 5.74) is 2.58. The molecule has 0 saturated carbocycles. The topological polar surface area (TPSA) is 159 Å². The van der Waals surface area contributed by atoms with Crippen LogP contribution in [0.4, 0.5) is 42.8 Å². The highest BCUT2D eigenvalue weighted by atomic mass is 19.4. The summed E-state index contributed by atoms with van der Waals surface area (Å²) in [7, 11) is 1.38. The van der Waals surface area contributed by atoms with Crippen LogP contribution in [-0.4, -0.2) is 50.3 Å². The van der Waals surface area contributed by atoms with Crippen molar-refractivity contribution in [3.05, 3.63) is 70.2 Å². The molecule has 0 bridgehead atoms. The van der Waals surface area contributed by atoms with Crippen LogP contribution < -0.4 is 20.7 Å². The van der Waals surface area contributed by atoms with Crippen LogP contribution in [0.25, 0.3) is 0 Å². The lowest BCUT2D eigenvalue weighted by Gasteiger charge is -2.38. The van der Waals surface area contributed by atoms with E-state index in [0.29, 0.717) is 18.6 Å². The standard InChI is InChI=1S/C26H25F6N7O4/c1-3-15-10-18(21-19(39(15)24(40)41)4-5-20(37-21)43-2)36-23-34-11-16(22(33)38-42)17(35-23)8-12-6-13(25(27,28)29)9-14(7-12)26(30,31)32/h4-7,9,11,15,18,42H,3,8,10H2,1-2H3,(H2,33,38)(H,40,41)(H,34,35,36)/t15-,18+/m1/s1. The zero-order chi connectivity index (χ0) is 31.7. The molecule has 3 aromatic rings. The number of methoxy groups -OCH3 is 1. The lowest BCUT2D eigenvalue weighted by molar-refractivity contribution is -0.143. The Morgan fingerprint density at radius 3 is 2.33 bits per heavy atom. The molecule has 1 amide bonds. The maximum Gasteiger partial charge on any atom is 0.416 e. The van der Waals surface area contributed by atoms with Crippen LogP contribution in [0.1, 0.15) is 59.4 Å². The van der Waals surface area contributed by atoms with E-state index in [9.17, 15) is 41.5 Å². The van der Waals surface area contributed by atoms with Gasteiger partial charge in [0.25, 0.3) is 0 Å². The SMILES string of the molecule is CC[C@@H]1C[C@H](Nc2ncc(/C(N)=N/O)c(Cc3cc(C(F)(F)F)cc(C(F)(F)F)c3)n2)c2nc(OC)ccc2N1C(=O)O. The van der Waals surface area contributed by atoms with Crippen LogP contribution >= 0.6 is 0 Å². The summed E-state index contributed by atoms with van der Waals surface area (Å²) in [6.45, 7) is 1.80. The molecule has 0 radical (unpaired) electrons. The van der Waals surface area contributed by atoms with Crippen LogP contribution in [0.2, 0.25) is 0 Å². The second-order valence-corrected chi connectivity index (χ2v) is 9.54. The van der Waals surface area contributed by atoms with E-state index in [4.69, 9.17) is 10.5 Å². The summed E-state index contributed by atoms with van der Waals surface area (Å²) in [5.74, 6) is -0.450. The quantitative estimate of drug-likeness (QED) is 0.0897. The molecule has 43 heavy (non-hydrogen) atoms. The first-order valence-corrected chi connectivity index (χ1v) is 12.6. The monoisotopic (exact) mass is 613 g/mol. The minimum Gasteiger partial charge on any atom is -0.481 e. The lowest BCUT2D eigenvalue weighted by Crippen LogP contribution is -2.45. The number of hydrogen-bond acceptors (Lipinski definition) is 8. The fourth-order valence-electron chi connectivity index (χ4n) is 4.80. The highest BCUT2D eigenvalue weighted by Crippen LogP contribution is 2.40.